The van der Waals surface area contributed by atoms with Crippen molar-refractivity contribution in [2.75, 3.05) is 18.2 Å². The molecule has 1 saturated carbocycles. The number of aromatic nitrogens is 1. The fraction of sp³-hybridized carbons (Fsp3) is 0.333. The Morgan fingerprint density at radius 2 is 1.92 bits per heavy atom. The predicted molar refractivity (Wildman–Crippen MR) is 140 cm³/mol. The Kier molecular flexibility index (Phi) is 7.21. The number of hydrogen-bond donors (Lipinski definition) is 4. The van der Waals surface area contributed by atoms with E-state index < -0.39 is 16.8 Å². The molecule has 1 amide bonds. The number of aliphatic hydroxyl groups is 2. The van der Waals surface area contributed by atoms with Crippen LogP contribution in [-0.4, -0.2) is 54.3 Å². The van der Waals surface area contributed by atoms with E-state index in [4.69, 9.17) is 5.84 Å². The van der Waals surface area contributed by atoms with Gasteiger partial charge in [-0.05, 0) is 79.8 Å². The molecular formula is C27H30N4O5S. The lowest BCUT2D eigenvalue weighted by Gasteiger charge is -2.24. The number of rotatable bonds is 8. The molecule has 0 spiro atoms. The minimum absolute atomic E-state index is 0.00846. The van der Waals surface area contributed by atoms with E-state index >= 15 is 0 Å². The number of aromatic hydroxyl groups is 1. The quantitative estimate of drug-likeness (QED) is 0.153. The summed E-state index contributed by atoms with van der Waals surface area (Å²) in [4.78, 5) is 18.7. The van der Waals surface area contributed by atoms with Crippen LogP contribution in [0.25, 0.3) is 11.3 Å². The molecule has 1 aromatic heterocycles. The first-order valence-electron chi connectivity index (χ1n) is 12.3. The fourth-order valence-electron chi connectivity index (χ4n) is 4.90. The van der Waals surface area contributed by atoms with Crippen molar-refractivity contribution in [3.05, 3.63) is 71.8 Å². The molecule has 2 aromatic carbocycles. The molecule has 1 aliphatic heterocycles. The summed E-state index contributed by atoms with van der Waals surface area (Å²) in [5.41, 5.74) is 1.66. The molecule has 10 heteroatoms. The van der Waals surface area contributed by atoms with Gasteiger partial charge in [-0.3, -0.25) is 4.79 Å². The van der Waals surface area contributed by atoms with Gasteiger partial charge in [0, 0.05) is 17.7 Å². The lowest BCUT2D eigenvalue weighted by molar-refractivity contribution is -0.121. The molecule has 0 bridgehead atoms. The van der Waals surface area contributed by atoms with E-state index in [-0.39, 0.29) is 30.9 Å². The molecule has 1 unspecified atom stereocenters. The third kappa shape index (κ3) is 4.84. The van der Waals surface area contributed by atoms with Crippen LogP contribution in [0.5, 0.6) is 5.75 Å². The Bertz CT molecular complexity index is 1280. The largest absolute Gasteiger partial charge is 0.593 e. The molecule has 2 heterocycles. The first kappa shape index (κ1) is 25.7. The van der Waals surface area contributed by atoms with Crippen LogP contribution < -0.4 is 10.9 Å². The summed E-state index contributed by atoms with van der Waals surface area (Å²) in [6.07, 6.45) is 2.97. The molecule has 1 aliphatic carbocycles. The van der Waals surface area contributed by atoms with Crippen molar-refractivity contribution in [2.45, 2.75) is 48.6 Å². The SMILES string of the molecule is NN(C(=O)C1(c2ccc(O)c(CO)c2)CC1)c1cccc(-c2ccc([S+]([O-])N3CCC[C@@H]3CO)cc2)n1. The number of benzene rings is 2. The lowest BCUT2D eigenvalue weighted by Crippen LogP contribution is -2.44. The van der Waals surface area contributed by atoms with Gasteiger partial charge in [0.05, 0.1) is 41.7 Å². The van der Waals surface area contributed by atoms with Crippen LogP contribution in [0.4, 0.5) is 5.82 Å². The predicted octanol–water partition coefficient (Wildman–Crippen LogP) is 2.36. The second-order valence-electron chi connectivity index (χ2n) is 9.53. The zero-order valence-electron chi connectivity index (χ0n) is 20.3. The number of nitrogens with two attached hydrogens (primary N) is 1. The highest BCUT2D eigenvalue weighted by Crippen LogP contribution is 2.50. The molecular weight excluding hydrogens is 492 g/mol. The molecule has 2 fully saturated rings. The molecule has 1 saturated heterocycles. The Morgan fingerprint density at radius 1 is 1.16 bits per heavy atom. The summed E-state index contributed by atoms with van der Waals surface area (Å²) in [7, 11) is 0. The Morgan fingerprint density at radius 3 is 2.59 bits per heavy atom. The van der Waals surface area contributed by atoms with Crippen molar-refractivity contribution in [2.24, 2.45) is 5.84 Å². The Hall–Kier alpha value is -2.99. The van der Waals surface area contributed by atoms with Crippen LogP contribution in [0.1, 0.15) is 36.8 Å². The topological polar surface area (TPSA) is 146 Å². The minimum atomic E-state index is -1.35. The number of carbonyl (C=O) groups excluding carboxylic acids is 1. The first-order valence-corrected chi connectivity index (χ1v) is 13.4. The fourth-order valence-corrected chi connectivity index (χ4v) is 6.28. The molecule has 5 rings (SSSR count). The monoisotopic (exact) mass is 522 g/mol. The van der Waals surface area contributed by atoms with Gasteiger partial charge in [-0.15, -0.1) is 4.31 Å². The van der Waals surface area contributed by atoms with Gasteiger partial charge in [0.2, 0.25) is 0 Å². The number of pyridine rings is 1. The van der Waals surface area contributed by atoms with E-state index in [0.29, 0.717) is 46.9 Å². The van der Waals surface area contributed by atoms with Crippen LogP contribution in [0.2, 0.25) is 0 Å². The number of amides is 1. The standard InChI is InChI=1S/C27H30N4O5S/c28-31(26(35)27(12-13-27)20-8-11-24(34)19(15-20)16-32)25-5-1-4-23(29-25)18-6-9-22(10-7-18)37(36)30-14-2-3-21(30)17-33/h1,4-11,15,21,32-34H,2-3,12-14,16-17,28H2/t21-,37?/m1/s1. The van der Waals surface area contributed by atoms with Crippen molar-refractivity contribution in [1.82, 2.24) is 9.29 Å². The van der Waals surface area contributed by atoms with Crippen molar-refractivity contribution < 1.29 is 24.7 Å². The van der Waals surface area contributed by atoms with Gasteiger partial charge < -0.3 is 19.9 Å². The number of phenols is 1. The van der Waals surface area contributed by atoms with Crippen LogP contribution >= 0.6 is 0 Å². The summed E-state index contributed by atoms with van der Waals surface area (Å²) in [6, 6.07) is 17.2. The van der Waals surface area contributed by atoms with E-state index in [1.165, 1.54) is 6.07 Å². The average Bonchev–Trinajstić information content (AvgIpc) is 3.61. The van der Waals surface area contributed by atoms with Crippen molar-refractivity contribution in [3.63, 3.8) is 0 Å². The third-order valence-corrected chi connectivity index (χ3v) is 8.84. The van der Waals surface area contributed by atoms with Gasteiger partial charge >= 0.3 is 0 Å². The summed E-state index contributed by atoms with van der Waals surface area (Å²) in [6.45, 7) is 0.355. The number of hydrogen-bond acceptors (Lipinski definition) is 8. The molecule has 5 N–H and O–H groups in total. The van der Waals surface area contributed by atoms with Crippen molar-refractivity contribution in [3.8, 4) is 17.0 Å². The number of hydrazine groups is 1. The molecule has 2 aliphatic rings. The van der Waals surface area contributed by atoms with E-state index in [9.17, 15) is 24.7 Å². The van der Waals surface area contributed by atoms with Crippen LogP contribution in [0, 0.1) is 0 Å². The Balaban J connectivity index is 1.34. The average molecular weight is 523 g/mol. The maximum Gasteiger partial charge on any atom is 0.253 e. The lowest BCUT2D eigenvalue weighted by atomic mass is 9.93. The molecule has 0 radical (unpaired) electrons. The van der Waals surface area contributed by atoms with Gasteiger partial charge in [0.1, 0.15) is 11.6 Å². The van der Waals surface area contributed by atoms with Gasteiger partial charge in [-0.2, -0.15) is 0 Å². The van der Waals surface area contributed by atoms with E-state index in [1.807, 2.05) is 22.5 Å². The highest BCUT2D eigenvalue weighted by Gasteiger charge is 2.53. The summed E-state index contributed by atoms with van der Waals surface area (Å²) in [5, 5.41) is 30.0. The van der Waals surface area contributed by atoms with E-state index in [2.05, 4.69) is 4.98 Å². The van der Waals surface area contributed by atoms with Crippen LogP contribution in [0.3, 0.4) is 0 Å². The van der Waals surface area contributed by atoms with Crippen molar-refractivity contribution in [1.29, 1.82) is 0 Å². The van der Waals surface area contributed by atoms with Crippen LogP contribution in [0.15, 0.2) is 65.6 Å². The van der Waals surface area contributed by atoms with Crippen LogP contribution in [-0.2, 0) is 28.2 Å². The van der Waals surface area contributed by atoms with E-state index in [1.54, 1.807) is 36.4 Å². The van der Waals surface area contributed by atoms with Gasteiger partial charge in [-0.1, -0.05) is 12.1 Å². The summed E-state index contributed by atoms with van der Waals surface area (Å²) >= 11 is -1.35. The molecule has 37 heavy (non-hydrogen) atoms. The maximum atomic E-state index is 13.4. The zero-order valence-corrected chi connectivity index (χ0v) is 21.1. The number of nitrogens with zero attached hydrogens (tertiary/aromatic N) is 3. The Labute approximate surface area is 218 Å². The maximum absolute atomic E-state index is 13.4. The summed E-state index contributed by atoms with van der Waals surface area (Å²) in [5.74, 6) is 6.24. The van der Waals surface area contributed by atoms with Gasteiger partial charge in [-0.25, -0.2) is 15.8 Å². The second kappa shape index (κ2) is 10.4. The molecule has 9 nitrogen and oxygen atoms in total. The first-order chi connectivity index (χ1) is 17.9. The zero-order chi connectivity index (χ0) is 26.2. The smallest absolute Gasteiger partial charge is 0.253 e. The molecule has 194 valence electrons. The van der Waals surface area contributed by atoms with Crippen molar-refractivity contribution >= 4 is 23.1 Å². The molecule has 2 atom stereocenters. The molecule has 3 aromatic rings. The summed E-state index contributed by atoms with van der Waals surface area (Å²) < 4.78 is 14.8. The highest BCUT2D eigenvalue weighted by atomic mass is 32.2. The third-order valence-electron chi connectivity index (χ3n) is 7.26. The normalized spacial score (nSPS) is 19.5. The van der Waals surface area contributed by atoms with Gasteiger partial charge in [0.25, 0.3) is 5.91 Å². The van der Waals surface area contributed by atoms with E-state index in [0.717, 1.165) is 23.4 Å². The number of aliphatic hydroxyl groups excluding tert-OH is 2. The number of anilines is 1. The number of carbonyl (C=O) groups is 1. The highest BCUT2D eigenvalue weighted by molar-refractivity contribution is 7.89. The second-order valence-corrected chi connectivity index (χ2v) is 11.0. The van der Waals surface area contributed by atoms with Gasteiger partial charge in [0.15, 0.2) is 4.90 Å². The minimum Gasteiger partial charge on any atom is -0.593 e.